The lowest BCUT2D eigenvalue weighted by molar-refractivity contribution is -0.130. The molecule has 2 aliphatic heterocycles. The molecule has 0 saturated heterocycles. The summed E-state index contributed by atoms with van der Waals surface area (Å²) in [4.78, 5) is 32.8. The van der Waals surface area contributed by atoms with Crippen molar-refractivity contribution >= 4 is 29.1 Å². The number of halogens is 1. The van der Waals surface area contributed by atoms with E-state index in [-0.39, 0.29) is 33.6 Å². The van der Waals surface area contributed by atoms with Gasteiger partial charge in [-0.25, -0.2) is 4.68 Å². The molecule has 2 N–H and O–H groups in total. The second-order valence-corrected chi connectivity index (χ2v) is 9.32. The number of carbonyl (C=O) groups is 2. The van der Waals surface area contributed by atoms with Gasteiger partial charge in [0, 0.05) is 23.3 Å². The Kier molecular flexibility index (Phi) is 4.81. The molecule has 0 amide bonds. The van der Waals surface area contributed by atoms with Gasteiger partial charge in [-0.1, -0.05) is 30.7 Å². The molecule has 3 aromatic rings. The van der Waals surface area contributed by atoms with E-state index in [9.17, 15) is 14.7 Å². The zero-order valence-corrected chi connectivity index (χ0v) is 20.3. The van der Waals surface area contributed by atoms with Gasteiger partial charge in [0.25, 0.3) is 0 Å². The number of hydrogen-bond acceptors (Lipinski definition) is 9. The van der Waals surface area contributed by atoms with Crippen molar-refractivity contribution < 1.29 is 28.9 Å². The molecule has 10 nitrogen and oxygen atoms in total. The third-order valence-electron chi connectivity index (χ3n) is 7.09. The quantitative estimate of drug-likeness (QED) is 0.511. The standard InChI is InChI=1S/C25H21ClN4O6/c1-11-8-14-17(20(12-4-6-13(31)7-5-12)30-24(29-14)27-10-28-30)22(32)25(11)23(33)18-15(34-2)9-16(35-3)19(26)21(18)36-25/h4-7,9-11,20,31H,8H2,1-3H3,(H,27,28,29)/t11-,20+,25+/m1/s1. The van der Waals surface area contributed by atoms with E-state index >= 15 is 0 Å². The second kappa shape index (κ2) is 7.72. The maximum atomic E-state index is 14.5. The SMILES string of the molecule is COc1cc(OC)c2c(c1Cl)O[C@@]1(C(=O)C3=C(C[C@H]1C)Nc1ncnn1[C@H]3c1ccc(O)cc1)C2=O. The zero-order valence-electron chi connectivity index (χ0n) is 19.5. The van der Waals surface area contributed by atoms with Crippen molar-refractivity contribution in [1.82, 2.24) is 14.8 Å². The monoisotopic (exact) mass is 508 g/mol. The van der Waals surface area contributed by atoms with Gasteiger partial charge in [0.1, 0.15) is 40.2 Å². The lowest BCUT2D eigenvalue weighted by Gasteiger charge is -2.41. The van der Waals surface area contributed by atoms with Crippen LogP contribution in [-0.2, 0) is 4.79 Å². The molecule has 3 aliphatic rings. The van der Waals surface area contributed by atoms with Gasteiger partial charge in [0.05, 0.1) is 14.2 Å². The lowest BCUT2D eigenvalue weighted by Crippen LogP contribution is -2.58. The average molecular weight is 509 g/mol. The first kappa shape index (κ1) is 22.4. The molecule has 1 aromatic heterocycles. The molecule has 184 valence electrons. The molecular weight excluding hydrogens is 488 g/mol. The highest BCUT2D eigenvalue weighted by Gasteiger charge is 2.63. The first-order chi connectivity index (χ1) is 17.3. The van der Waals surface area contributed by atoms with E-state index in [1.54, 1.807) is 23.7 Å². The van der Waals surface area contributed by atoms with Crippen LogP contribution in [0.1, 0.15) is 35.3 Å². The Morgan fingerprint density at radius 1 is 1.17 bits per heavy atom. The van der Waals surface area contributed by atoms with Crippen molar-refractivity contribution in [1.29, 1.82) is 0 Å². The van der Waals surface area contributed by atoms with Crippen LogP contribution in [0.3, 0.4) is 0 Å². The van der Waals surface area contributed by atoms with Crippen molar-refractivity contribution in [2.24, 2.45) is 5.92 Å². The molecular formula is C25H21ClN4O6. The fraction of sp³-hybridized carbons (Fsp3) is 0.280. The summed E-state index contributed by atoms with van der Waals surface area (Å²) < 4.78 is 18.6. The summed E-state index contributed by atoms with van der Waals surface area (Å²) in [7, 11) is 2.86. The largest absolute Gasteiger partial charge is 0.508 e. The number of methoxy groups -OCH3 is 2. The predicted molar refractivity (Wildman–Crippen MR) is 128 cm³/mol. The van der Waals surface area contributed by atoms with Gasteiger partial charge in [-0.15, -0.1) is 0 Å². The number of anilines is 1. The van der Waals surface area contributed by atoms with Crippen molar-refractivity contribution in [2.75, 3.05) is 19.5 Å². The Bertz CT molecular complexity index is 1480. The van der Waals surface area contributed by atoms with Crippen LogP contribution in [-0.4, -0.2) is 51.3 Å². The van der Waals surface area contributed by atoms with E-state index in [4.69, 9.17) is 25.8 Å². The highest BCUT2D eigenvalue weighted by molar-refractivity contribution is 6.36. The number of hydrogen-bond donors (Lipinski definition) is 2. The second-order valence-electron chi connectivity index (χ2n) is 8.94. The molecule has 0 radical (unpaired) electrons. The van der Waals surface area contributed by atoms with Gasteiger partial charge in [0.2, 0.25) is 23.1 Å². The van der Waals surface area contributed by atoms with Crippen LogP contribution in [0.25, 0.3) is 0 Å². The first-order valence-electron chi connectivity index (χ1n) is 11.2. The number of ketones is 2. The van der Waals surface area contributed by atoms with Crippen LogP contribution in [0, 0.1) is 5.92 Å². The van der Waals surface area contributed by atoms with Crippen LogP contribution >= 0.6 is 11.6 Å². The zero-order chi connectivity index (χ0) is 25.4. The highest BCUT2D eigenvalue weighted by Crippen LogP contribution is 2.55. The Morgan fingerprint density at radius 2 is 1.89 bits per heavy atom. The molecule has 11 heteroatoms. The minimum Gasteiger partial charge on any atom is -0.508 e. The molecule has 36 heavy (non-hydrogen) atoms. The average Bonchev–Trinajstić information content (AvgIpc) is 3.46. The molecule has 6 rings (SSSR count). The summed E-state index contributed by atoms with van der Waals surface area (Å²) in [6.07, 6.45) is 1.72. The van der Waals surface area contributed by atoms with E-state index in [1.807, 2.05) is 0 Å². The van der Waals surface area contributed by atoms with Crippen LogP contribution in [0.4, 0.5) is 5.95 Å². The van der Waals surface area contributed by atoms with Gasteiger partial charge in [-0.2, -0.15) is 10.1 Å². The summed E-state index contributed by atoms with van der Waals surface area (Å²) in [5.74, 6) is -0.463. The summed E-state index contributed by atoms with van der Waals surface area (Å²) in [5, 5.41) is 17.5. The Labute approximate surface area is 210 Å². The van der Waals surface area contributed by atoms with Gasteiger partial charge >= 0.3 is 0 Å². The van der Waals surface area contributed by atoms with Crippen LogP contribution in [0.5, 0.6) is 23.0 Å². The molecule has 0 fully saturated rings. The third-order valence-corrected chi connectivity index (χ3v) is 7.45. The van der Waals surface area contributed by atoms with E-state index < -0.39 is 29.1 Å². The number of Topliss-reactive ketones (excluding diaryl/α,β-unsaturated/α-hetero) is 2. The van der Waals surface area contributed by atoms with Crippen LogP contribution in [0.15, 0.2) is 47.9 Å². The van der Waals surface area contributed by atoms with Crippen molar-refractivity contribution in [3.05, 3.63) is 64.1 Å². The number of nitrogens with one attached hydrogen (secondary N) is 1. The van der Waals surface area contributed by atoms with Gasteiger partial charge in [-0.3, -0.25) is 9.59 Å². The number of ether oxygens (including phenoxy) is 3. The Morgan fingerprint density at radius 3 is 2.58 bits per heavy atom. The number of carbonyl (C=O) groups excluding carboxylic acids is 2. The van der Waals surface area contributed by atoms with E-state index in [2.05, 4.69) is 15.4 Å². The van der Waals surface area contributed by atoms with Crippen molar-refractivity contribution in [3.63, 3.8) is 0 Å². The molecule has 0 bridgehead atoms. The van der Waals surface area contributed by atoms with Crippen LogP contribution in [0.2, 0.25) is 5.02 Å². The fourth-order valence-corrected chi connectivity index (χ4v) is 5.62. The molecule has 0 saturated carbocycles. The molecule has 0 unspecified atom stereocenters. The number of aromatic hydroxyl groups is 1. The van der Waals surface area contributed by atoms with E-state index in [0.29, 0.717) is 29.2 Å². The topological polar surface area (TPSA) is 125 Å². The number of rotatable bonds is 3. The number of allylic oxidation sites excluding steroid dienone is 1. The predicted octanol–water partition coefficient (Wildman–Crippen LogP) is 3.55. The normalized spacial score (nSPS) is 24.1. The number of aromatic nitrogens is 3. The summed E-state index contributed by atoms with van der Waals surface area (Å²) >= 11 is 6.54. The fourth-order valence-electron chi connectivity index (χ4n) is 5.35. The van der Waals surface area contributed by atoms with E-state index in [0.717, 1.165) is 0 Å². The number of fused-ring (bicyclic) bond motifs is 2. The van der Waals surface area contributed by atoms with E-state index in [1.165, 1.54) is 38.7 Å². The summed E-state index contributed by atoms with van der Waals surface area (Å²) in [6.45, 7) is 1.79. The minimum atomic E-state index is -1.85. The number of nitrogens with zero attached hydrogens (tertiary/aromatic N) is 3. The molecule has 3 heterocycles. The molecule has 1 aliphatic carbocycles. The maximum Gasteiger partial charge on any atom is 0.236 e. The first-order valence-corrected chi connectivity index (χ1v) is 11.6. The third kappa shape index (κ3) is 2.78. The minimum absolute atomic E-state index is 0.0634. The maximum absolute atomic E-state index is 14.5. The lowest BCUT2D eigenvalue weighted by atomic mass is 9.69. The Hall–Kier alpha value is -4.05. The summed E-state index contributed by atoms with van der Waals surface area (Å²) in [5.41, 5.74) is -0.0789. The van der Waals surface area contributed by atoms with Gasteiger partial charge in [0.15, 0.2) is 5.75 Å². The number of phenolic OH excluding ortho intramolecular Hbond substituents is 1. The smallest absolute Gasteiger partial charge is 0.236 e. The van der Waals surface area contributed by atoms with Crippen LogP contribution < -0.4 is 19.5 Å². The van der Waals surface area contributed by atoms with Gasteiger partial charge < -0.3 is 24.6 Å². The number of benzene rings is 2. The Balaban J connectivity index is 1.54. The molecule has 3 atom stereocenters. The summed E-state index contributed by atoms with van der Waals surface area (Å²) in [6, 6.07) is 7.29. The van der Waals surface area contributed by atoms with Crippen molar-refractivity contribution in [2.45, 2.75) is 25.0 Å². The van der Waals surface area contributed by atoms with Gasteiger partial charge in [-0.05, 0) is 24.1 Å². The molecule has 1 spiro atoms. The van der Waals surface area contributed by atoms with Crippen molar-refractivity contribution in [3.8, 4) is 23.0 Å². The molecule has 2 aromatic carbocycles. The highest BCUT2D eigenvalue weighted by atomic mass is 35.5. The number of phenols is 1.